The van der Waals surface area contributed by atoms with Crippen molar-refractivity contribution in [1.29, 1.82) is 0 Å². The summed E-state index contributed by atoms with van der Waals surface area (Å²) in [5.41, 5.74) is 4.26. The minimum Gasteiger partial charge on any atom is -0.453 e. The Bertz CT molecular complexity index is 682. The number of benzene rings is 1. The van der Waals surface area contributed by atoms with E-state index in [1.165, 1.54) is 12.8 Å². The highest BCUT2D eigenvalue weighted by molar-refractivity contribution is 5.83. The summed E-state index contributed by atoms with van der Waals surface area (Å²) in [4.78, 5) is 17.6. The predicted octanol–water partition coefficient (Wildman–Crippen LogP) is 4.16. The third-order valence-corrected chi connectivity index (χ3v) is 3.80. The van der Waals surface area contributed by atoms with Gasteiger partial charge in [0, 0.05) is 24.5 Å². The molecule has 0 aliphatic rings. The highest BCUT2D eigenvalue weighted by Gasteiger charge is 2.06. The number of methoxy groups -OCH3 is 1. The molecule has 0 bridgehead atoms. The highest BCUT2D eigenvalue weighted by atomic mass is 16.5. The topological polar surface area (TPSA) is 66.5 Å². The molecule has 128 valence electrons. The van der Waals surface area contributed by atoms with Gasteiger partial charge in [-0.15, -0.1) is 0 Å². The molecule has 6 heteroatoms. The molecule has 0 saturated carbocycles. The first-order valence-corrected chi connectivity index (χ1v) is 8.01. The van der Waals surface area contributed by atoms with E-state index in [0.717, 1.165) is 30.0 Å². The number of rotatable bonds is 6. The van der Waals surface area contributed by atoms with E-state index >= 15 is 0 Å². The van der Waals surface area contributed by atoms with Crippen LogP contribution in [-0.2, 0) is 4.74 Å². The second kappa shape index (κ2) is 8.19. The molecule has 0 aliphatic heterocycles. The van der Waals surface area contributed by atoms with Gasteiger partial charge in [0.2, 0.25) is 0 Å². The van der Waals surface area contributed by atoms with Crippen LogP contribution in [-0.4, -0.2) is 31.3 Å². The largest absolute Gasteiger partial charge is 0.453 e. The predicted molar refractivity (Wildman–Crippen MR) is 98.3 cm³/mol. The lowest BCUT2D eigenvalue weighted by Crippen LogP contribution is -2.21. The summed E-state index contributed by atoms with van der Waals surface area (Å²) in [5.74, 6) is 0.445. The standard InChI is InChI=1S/C18H24N4O2/c1-5-22(6-2)15-8-9-16(13(3)11-15)20-14-7-10-17(19-12-14)21-18(23)24-4/h7-12,20H,5-6H2,1-4H3,(H,19,21,23). The van der Waals surface area contributed by atoms with Crippen molar-refractivity contribution >= 4 is 29.0 Å². The maximum Gasteiger partial charge on any atom is 0.412 e. The molecule has 0 atom stereocenters. The SMILES string of the molecule is CCN(CC)c1ccc(Nc2ccc(NC(=O)OC)nc2)c(C)c1. The number of aryl methyl sites for hydroxylation is 1. The zero-order valence-electron chi connectivity index (χ0n) is 14.6. The number of hydrogen-bond donors (Lipinski definition) is 2. The van der Waals surface area contributed by atoms with Crippen molar-refractivity contribution in [2.45, 2.75) is 20.8 Å². The average molecular weight is 328 g/mol. The van der Waals surface area contributed by atoms with Crippen LogP contribution in [0.4, 0.5) is 27.7 Å². The fourth-order valence-corrected chi connectivity index (χ4v) is 2.43. The van der Waals surface area contributed by atoms with Crippen molar-refractivity contribution in [3.05, 3.63) is 42.1 Å². The number of ether oxygens (including phenoxy) is 1. The van der Waals surface area contributed by atoms with E-state index in [2.05, 4.69) is 64.2 Å². The van der Waals surface area contributed by atoms with Gasteiger partial charge >= 0.3 is 6.09 Å². The summed E-state index contributed by atoms with van der Waals surface area (Å²) in [5, 5.41) is 5.87. The fourth-order valence-electron chi connectivity index (χ4n) is 2.43. The van der Waals surface area contributed by atoms with Crippen LogP contribution in [0.2, 0.25) is 0 Å². The molecule has 1 heterocycles. The monoisotopic (exact) mass is 328 g/mol. The lowest BCUT2D eigenvalue weighted by molar-refractivity contribution is 0.187. The zero-order chi connectivity index (χ0) is 17.5. The molecule has 24 heavy (non-hydrogen) atoms. The van der Waals surface area contributed by atoms with Crippen LogP contribution in [0.15, 0.2) is 36.5 Å². The van der Waals surface area contributed by atoms with Gasteiger partial charge in [-0.05, 0) is 56.7 Å². The Hall–Kier alpha value is -2.76. The van der Waals surface area contributed by atoms with Crippen molar-refractivity contribution in [2.24, 2.45) is 0 Å². The molecule has 0 saturated heterocycles. The van der Waals surface area contributed by atoms with Gasteiger partial charge in [-0.3, -0.25) is 5.32 Å². The number of carbonyl (C=O) groups excluding carboxylic acids is 1. The third kappa shape index (κ3) is 4.38. The highest BCUT2D eigenvalue weighted by Crippen LogP contribution is 2.25. The summed E-state index contributed by atoms with van der Waals surface area (Å²) in [6.07, 6.45) is 1.13. The number of aromatic nitrogens is 1. The van der Waals surface area contributed by atoms with Gasteiger partial charge in [0.1, 0.15) is 5.82 Å². The number of pyridine rings is 1. The first kappa shape index (κ1) is 17.6. The molecule has 1 aromatic heterocycles. The number of nitrogens with zero attached hydrogens (tertiary/aromatic N) is 2. The van der Waals surface area contributed by atoms with Crippen LogP contribution in [0.3, 0.4) is 0 Å². The maximum atomic E-state index is 11.1. The molecule has 2 rings (SSSR count). The molecule has 0 unspecified atom stereocenters. The van der Waals surface area contributed by atoms with Crippen LogP contribution in [0.25, 0.3) is 0 Å². The molecule has 1 aromatic carbocycles. The Labute approximate surface area is 142 Å². The Balaban J connectivity index is 2.09. The number of nitrogens with one attached hydrogen (secondary N) is 2. The first-order valence-electron chi connectivity index (χ1n) is 8.01. The number of anilines is 4. The molecular formula is C18H24N4O2. The number of amides is 1. The van der Waals surface area contributed by atoms with E-state index in [-0.39, 0.29) is 0 Å². The normalized spacial score (nSPS) is 10.2. The van der Waals surface area contributed by atoms with E-state index in [1.54, 1.807) is 12.3 Å². The average Bonchev–Trinajstić information content (AvgIpc) is 2.59. The second-order valence-corrected chi connectivity index (χ2v) is 5.35. The van der Waals surface area contributed by atoms with Gasteiger partial charge in [0.15, 0.2) is 0 Å². The summed E-state index contributed by atoms with van der Waals surface area (Å²) in [6, 6.07) is 9.94. The Morgan fingerprint density at radius 2 is 1.96 bits per heavy atom. The van der Waals surface area contributed by atoms with Gasteiger partial charge < -0.3 is 15.0 Å². The van der Waals surface area contributed by atoms with Crippen LogP contribution >= 0.6 is 0 Å². The molecule has 0 radical (unpaired) electrons. The number of hydrogen-bond acceptors (Lipinski definition) is 5. The smallest absolute Gasteiger partial charge is 0.412 e. The van der Waals surface area contributed by atoms with Crippen molar-refractivity contribution in [1.82, 2.24) is 4.98 Å². The Morgan fingerprint density at radius 3 is 2.50 bits per heavy atom. The Morgan fingerprint density at radius 1 is 1.21 bits per heavy atom. The summed E-state index contributed by atoms with van der Waals surface area (Å²) >= 11 is 0. The van der Waals surface area contributed by atoms with E-state index in [0.29, 0.717) is 5.82 Å². The summed E-state index contributed by atoms with van der Waals surface area (Å²) in [7, 11) is 1.32. The van der Waals surface area contributed by atoms with Gasteiger partial charge in [-0.25, -0.2) is 9.78 Å². The molecule has 2 N–H and O–H groups in total. The van der Waals surface area contributed by atoms with Gasteiger partial charge in [-0.1, -0.05) is 0 Å². The van der Waals surface area contributed by atoms with E-state index in [4.69, 9.17) is 0 Å². The molecule has 0 aliphatic carbocycles. The van der Waals surface area contributed by atoms with Gasteiger partial charge in [0.25, 0.3) is 0 Å². The second-order valence-electron chi connectivity index (χ2n) is 5.35. The van der Waals surface area contributed by atoms with Gasteiger partial charge in [-0.2, -0.15) is 0 Å². The Kier molecular flexibility index (Phi) is 6.01. The van der Waals surface area contributed by atoms with Crippen LogP contribution in [0.5, 0.6) is 0 Å². The minimum atomic E-state index is -0.536. The van der Waals surface area contributed by atoms with Gasteiger partial charge in [0.05, 0.1) is 19.0 Å². The van der Waals surface area contributed by atoms with Crippen molar-refractivity contribution in [3.63, 3.8) is 0 Å². The molecule has 0 spiro atoms. The molecule has 2 aromatic rings. The summed E-state index contributed by atoms with van der Waals surface area (Å²) in [6.45, 7) is 8.36. The first-order chi connectivity index (χ1) is 11.6. The van der Waals surface area contributed by atoms with E-state index < -0.39 is 6.09 Å². The van der Waals surface area contributed by atoms with Crippen LogP contribution in [0, 0.1) is 6.92 Å². The van der Waals surface area contributed by atoms with Crippen molar-refractivity contribution < 1.29 is 9.53 Å². The molecule has 0 fully saturated rings. The quantitative estimate of drug-likeness (QED) is 0.833. The molecule has 6 nitrogen and oxygen atoms in total. The van der Waals surface area contributed by atoms with Crippen LogP contribution in [0.1, 0.15) is 19.4 Å². The third-order valence-electron chi connectivity index (χ3n) is 3.80. The number of carbonyl (C=O) groups is 1. The van der Waals surface area contributed by atoms with Crippen LogP contribution < -0.4 is 15.5 Å². The maximum absolute atomic E-state index is 11.1. The summed E-state index contributed by atoms with van der Waals surface area (Å²) < 4.78 is 4.54. The molecule has 1 amide bonds. The fraction of sp³-hybridized carbons (Fsp3) is 0.333. The van der Waals surface area contributed by atoms with E-state index in [1.807, 2.05) is 6.07 Å². The van der Waals surface area contributed by atoms with Crippen molar-refractivity contribution in [3.8, 4) is 0 Å². The van der Waals surface area contributed by atoms with E-state index in [9.17, 15) is 4.79 Å². The zero-order valence-corrected chi connectivity index (χ0v) is 14.6. The lowest BCUT2D eigenvalue weighted by atomic mass is 10.1. The lowest BCUT2D eigenvalue weighted by Gasteiger charge is -2.22. The minimum absolute atomic E-state index is 0.445. The van der Waals surface area contributed by atoms with Crippen molar-refractivity contribution in [2.75, 3.05) is 35.7 Å². The molecular weight excluding hydrogens is 304 g/mol.